The van der Waals surface area contributed by atoms with Gasteiger partial charge in [-0.15, -0.1) is 0 Å². The van der Waals surface area contributed by atoms with Crippen molar-refractivity contribution in [1.82, 2.24) is 15.0 Å². The predicted molar refractivity (Wildman–Crippen MR) is 98.4 cm³/mol. The topological polar surface area (TPSA) is 126 Å². The summed E-state index contributed by atoms with van der Waals surface area (Å²) in [4.78, 5) is 12.7. The van der Waals surface area contributed by atoms with Crippen LogP contribution in [0.15, 0.2) is 18.5 Å². The molecule has 0 aromatic carbocycles. The number of nitrogens with zero attached hydrogens (tertiary/aromatic N) is 3. The second-order valence-electron chi connectivity index (χ2n) is 6.83. The molecule has 0 radical (unpaired) electrons. The minimum Gasteiger partial charge on any atom is -0.451 e. The lowest BCUT2D eigenvalue weighted by Crippen LogP contribution is -2.28. The zero-order valence-corrected chi connectivity index (χ0v) is 15.0. The molecule has 1 aliphatic carbocycles. The van der Waals surface area contributed by atoms with Crippen LogP contribution in [-0.2, 0) is 0 Å². The quantitative estimate of drug-likeness (QED) is 0.564. The maximum Gasteiger partial charge on any atom is 0.222 e. The molecule has 140 valence electrons. The zero-order chi connectivity index (χ0) is 18.7. The highest BCUT2D eigenvalue weighted by Gasteiger charge is 2.26. The standard InChI is InChI=1S/C18H25N5O3/c1-10(2)13-6-20-14(11-3-4-11)5-15(13)26-16-7-21-18(19)23-17(16)22-12(8-24)9-25/h5-7,10-12,24-25H,3-4,8-9H2,1-2H3,(H3,19,21,22,23). The first-order valence-electron chi connectivity index (χ1n) is 8.80. The molecular formula is C18H25N5O3. The van der Waals surface area contributed by atoms with E-state index in [1.807, 2.05) is 12.3 Å². The van der Waals surface area contributed by atoms with Crippen LogP contribution in [0.25, 0.3) is 0 Å². The van der Waals surface area contributed by atoms with Crippen LogP contribution in [-0.4, -0.2) is 44.4 Å². The summed E-state index contributed by atoms with van der Waals surface area (Å²) in [5, 5.41) is 21.6. The van der Waals surface area contributed by atoms with Crippen molar-refractivity contribution in [3.8, 4) is 11.5 Å². The third-order valence-electron chi connectivity index (χ3n) is 4.31. The number of anilines is 2. The Bertz CT molecular complexity index is 760. The third kappa shape index (κ3) is 4.20. The lowest BCUT2D eigenvalue weighted by atomic mass is 10.0. The highest BCUT2D eigenvalue weighted by molar-refractivity contribution is 5.54. The van der Waals surface area contributed by atoms with Crippen LogP contribution in [0.4, 0.5) is 11.8 Å². The number of ether oxygens (including phenoxy) is 1. The number of hydrogen-bond donors (Lipinski definition) is 4. The number of aliphatic hydroxyl groups is 2. The SMILES string of the molecule is CC(C)c1cnc(C2CC2)cc1Oc1cnc(N)nc1NC(CO)CO. The Morgan fingerprint density at radius 1 is 1.19 bits per heavy atom. The van der Waals surface area contributed by atoms with Crippen LogP contribution in [0.1, 0.15) is 49.8 Å². The molecule has 0 spiro atoms. The van der Waals surface area contributed by atoms with E-state index < -0.39 is 6.04 Å². The van der Waals surface area contributed by atoms with Crippen LogP contribution >= 0.6 is 0 Å². The predicted octanol–water partition coefficient (Wildman–Crippen LogP) is 2.01. The number of nitrogens with one attached hydrogen (secondary N) is 1. The molecule has 5 N–H and O–H groups in total. The average molecular weight is 359 g/mol. The van der Waals surface area contributed by atoms with Gasteiger partial charge < -0.3 is 26.0 Å². The Labute approximate surface area is 152 Å². The van der Waals surface area contributed by atoms with Gasteiger partial charge in [-0.2, -0.15) is 4.98 Å². The van der Waals surface area contributed by atoms with Crippen molar-refractivity contribution in [2.45, 2.75) is 44.6 Å². The molecule has 2 heterocycles. The molecular weight excluding hydrogens is 334 g/mol. The number of aromatic nitrogens is 3. The first-order chi connectivity index (χ1) is 12.5. The van der Waals surface area contributed by atoms with E-state index in [0.717, 1.165) is 24.1 Å². The van der Waals surface area contributed by atoms with E-state index >= 15 is 0 Å². The van der Waals surface area contributed by atoms with Gasteiger partial charge in [0.1, 0.15) is 5.75 Å². The molecule has 0 unspecified atom stereocenters. The van der Waals surface area contributed by atoms with Gasteiger partial charge in [-0.05, 0) is 18.8 Å². The summed E-state index contributed by atoms with van der Waals surface area (Å²) in [6, 6.07) is 1.40. The minimum atomic E-state index is -0.573. The average Bonchev–Trinajstić information content (AvgIpc) is 3.46. The van der Waals surface area contributed by atoms with Crippen molar-refractivity contribution in [2.24, 2.45) is 0 Å². The smallest absolute Gasteiger partial charge is 0.222 e. The fraction of sp³-hybridized carbons (Fsp3) is 0.500. The number of nitrogen functional groups attached to an aromatic ring is 1. The first-order valence-corrected chi connectivity index (χ1v) is 8.80. The van der Waals surface area contributed by atoms with E-state index in [-0.39, 0.29) is 25.1 Å². The van der Waals surface area contributed by atoms with Gasteiger partial charge in [0.25, 0.3) is 0 Å². The second-order valence-corrected chi connectivity index (χ2v) is 6.83. The number of nitrogens with two attached hydrogens (primary N) is 1. The molecule has 3 rings (SSSR count). The van der Waals surface area contributed by atoms with Crippen LogP contribution in [0.2, 0.25) is 0 Å². The summed E-state index contributed by atoms with van der Waals surface area (Å²) in [5.41, 5.74) is 7.69. The largest absolute Gasteiger partial charge is 0.451 e. The molecule has 0 atom stereocenters. The van der Waals surface area contributed by atoms with Crippen molar-refractivity contribution >= 4 is 11.8 Å². The van der Waals surface area contributed by atoms with Gasteiger partial charge in [0.05, 0.1) is 25.5 Å². The summed E-state index contributed by atoms with van der Waals surface area (Å²) in [6.07, 6.45) is 5.65. The lowest BCUT2D eigenvalue weighted by molar-refractivity contribution is 0.203. The fourth-order valence-corrected chi connectivity index (χ4v) is 2.61. The monoisotopic (exact) mass is 359 g/mol. The number of hydrogen-bond acceptors (Lipinski definition) is 8. The van der Waals surface area contributed by atoms with Crippen molar-refractivity contribution in [1.29, 1.82) is 0 Å². The van der Waals surface area contributed by atoms with Crippen LogP contribution in [0.5, 0.6) is 11.5 Å². The van der Waals surface area contributed by atoms with Gasteiger partial charge in [0, 0.05) is 29.4 Å². The Balaban J connectivity index is 1.94. The number of pyridine rings is 1. The summed E-state index contributed by atoms with van der Waals surface area (Å²) < 4.78 is 6.12. The zero-order valence-electron chi connectivity index (χ0n) is 15.0. The minimum absolute atomic E-state index is 0.0759. The Kier molecular flexibility index (Phi) is 5.53. The van der Waals surface area contributed by atoms with Crippen LogP contribution in [0.3, 0.4) is 0 Å². The van der Waals surface area contributed by atoms with E-state index in [9.17, 15) is 10.2 Å². The molecule has 0 amide bonds. The van der Waals surface area contributed by atoms with Crippen LogP contribution < -0.4 is 15.8 Å². The highest BCUT2D eigenvalue weighted by Crippen LogP contribution is 2.42. The Morgan fingerprint density at radius 2 is 1.92 bits per heavy atom. The molecule has 8 nitrogen and oxygen atoms in total. The lowest BCUT2D eigenvalue weighted by Gasteiger charge is -2.19. The second kappa shape index (κ2) is 7.84. The molecule has 2 aromatic rings. The van der Waals surface area contributed by atoms with E-state index in [0.29, 0.717) is 23.2 Å². The summed E-state index contributed by atoms with van der Waals surface area (Å²) in [7, 11) is 0. The summed E-state index contributed by atoms with van der Waals surface area (Å²) >= 11 is 0. The third-order valence-corrected chi connectivity index (χ3v) is 4.31. The summed E-state index contributed by atoms with van der Waals surface area (Å²) in [5.74, 6) is 2.22. The van der Waals surface area contributed by atoms with Crippen molar-refractivity contribution in [3.63, 3.8) is 0 Å². The van der Waals surface area contributed by atoms with Crippen molar-refractivity contribution < 1.29 is 14.9 Å². The highest BCUT2D eigenvalue weighted by atomic mass is 16.5. The van der Waals surface area contributed by atoms with E-state index in [1.165, 1.54) is 6.20 Å². The van der Waals surface area contributed by atoms with Gasteiger partial charge in [0.15, 0.2) is 11.6 Å². The van der Waals surface area contributed by atoms with Gasteiger partial charge in [-0.1, -0.05) is 13.8 Å². The van der Waals surface area contributed by atoms with Crippen LogP contribution in [0, 0.1) is 0 Å². The van der Waals surface area contributed by atoms with Gasteiger partial charge >= 0.3 is 0 Å². The van der Waals surface area contributed by atoms with Crippen molar-refractivity contribution in [2.75, 3.05) is 24.3 Å². The summed E-state index contributed by atoms with van der Waals surface area (Å²) in [6.45, 7) is 3.65. The Morgan fingerprint density at radius 3 is 2.54 bits per heavy atom. The molecule has 0 saturated heterocycles. The fourth-order valence-electron chi connectivity index (χ4n) is 2.61. The molecule has 2 aromatic heterocycles. The van der Waals surface area contributed by atoms with Crippen molar-refractivity contribution in [3.05, 3.63) is 29.7 Å². The number of aliphatic hydroxyl groups excluding tert-OH is 2. The van der Waals surface area contributed by atoms with E-state index in [1.54, 1.807) is 0 Å². The molecule has 26 heavy (non-hydrogen) atoms. The normalized spacial score (nSPS) is 14.1. The van der Waals surface area contributed by atoms with E-state index in [2.05, 4.69) is 34.1 Å². The maximum absolute atomic E-state index is 9.31. The Hall–Kier alpha value is -2.45. The molecule has 1 saturated carbocycles. The molecule has 1 fully saturated rings. The molecule has 0 aliphatic heterocycles. The van der Waals surface area contributed by atoms with Gasteiger partial charge in [-0.3, -0.25) is 4.98 Å². The van der Waals surface area contributed by atoms with Gasteiger partial charge in [0.2, 0.25) is 5.95 Å². The van der Waals surface area contributed by atoms with E-state index in [4.69, 9.17) is 10.5 Å². The molecule has 8 heteroatoms. The molecule has 1 aliphatic rings. The maximum atomic E-state index is 9.31. The number of rotatable bonds is 8. The van der Waals surface area contributed by atoms with Gasteiger partial charge in [-0.25, -0.2) is 4.98 Å². The first kappa shape index (κ1) is 18.3. The molecule has 0 bridgehead atoms.